The molecule has 4 atom stereocenters. The largest absolute Gasteiger partial charge is 0.508 e. The number of allylic oxidation sites excluding steroid dienone is 6. The van der Waals surface area contributed by atoms with Gasteiger partial charge in [0.25, 0.3) is 0 Å². The Morgan fingerprint density at radius 3 is 2.19 bits per heavy atom. The van der Waals surface area contributed by atoms with Crippen LogP contribution in [0.25, 0.3) is 0 Å². The van der Waals surface area contributed by atoms with Crippen LogP contribution in [0.3, 0.4) is 0 Å². The van der Waals surface area contributed by atoms with E-state index in [1.165, 1.54) is 23.1 Å². The van der Waals surface area contributed by atoms with Gasteiger partial charge in [-0.15, -0.1) is 0 Å². The van der Waals surface area contributed by atoms with Crippen LogP contribution < -0.4 is 9.80 Å². The second kappa shape index (κ2) is 11.8. The summed E-state index contributed by atoms with van der Waals surface area (Å²) in [6.07, 6.45) is 3.64. The number of aromatic hydroxyl groups is 1. The molecule has 3 aromatic rings. The Hall–Kier alpha value is -4.67. The van der Waals surface area contributed by atoms with Crippen LogP contribution >= 0.6 is 27.5 Å². The number of azo groups is 1. The first-order chi connectivity index (χ1) is 22.5. The summed E-state index contributed by atoms with van der Waals surface area (Å²) in [5, 5.41) is 18.9. The number of amides is 2. The zero-order valence-electron chi connectivity index (χ0n) is 25.4. The standard InChI is InChI=1S/C36H28BrClN4O5/c1-41(2)20-7-3-18(4-8-20)39-40-19-5-9-21(10-6-19)42-35(46)25-14-13-23-26(32(25)36(42)47)16-27-33(30(44)17-28(37)34(27)45)31(23)24-12-11-22(43)15-29(24)38/h3-13,15,17,25-26,31-32,43H,14,16H2,1-2H3. The lowest BCUT2D eigenvalue weighted by atomic mass is 9.59. The van der Waals surface area contributed by atoms with Gasteiger partial charge in [-0.25, -0.2) is 0 Å². The van der Waals surface area contributed by atoms with E-state index in [1.807, 2.05) is 49.3 Å². The molecule has 1 N–H and O–H groups in total. The van der Waals surface area contributed by atoms with E-state index in [0.717, 1.165) is 11.3 Å². The van der Waals surface area contributed by atoms with E-state index >= 15 is 0 Å². The fourth-order valence-electron chi connectivity index (χ4n) is 7.17. The monoisotopic (exact) mass is 710 g/mol. The summed E-state index contributed by atoms with van der Waals surface area (Å²) in [5.41, 5.74) is 4.68. The first-order valence-corrected chi connectivity index (χ1v) is 16.2. The quantitative estimate of drug-likeness (QED) is 0.127. The second-order valence-corrected chi connectivity index (χ2v) is 13.5. The van der Waals surface area contributed by atoms with E-state index in [0.29, 0.717) is 40.2 Å². The average Bonchev–Trinajstić information content (AvgIpc) is 3.31. The summed E-state index contributed by atoms with van der Waals surface area (Å²) in [4.78, 5) is 58.1. The molecule has 0 spiro atoms. The smallest absolute Gasteiger partial charge is 0.238 e. The minimum Gasteiger partial charge on any atom is -0.508 e. The lowest BCUT2D eigenvalue weighted by molar-refractivity contribution is -0.123. The van der Waals surface area contributed by atoms with Crippen molar-refractivity contribution in [1.29, 1.82) is 0 Å². The van der Waals surface area contributed by atoms with Gasteiger partial charge in [0.1, 0.15) is 5.75 Å². The number of fused-ring (bicyclic) bond motifs is 3. The van der Waals surface area contributed by atoms with Gasteiger partial charge in [-0.3, -0.25) is 24.1 Å². The number of carbonyl (C=O) groups is 4. The summed E-state index contributed by atoms with van der Waals surface area (Å²) >= 11 is 9.85. The van der Waals surface area contributed by atoms with Crippen LogP contribution in [0.2, 0.25) is 5.02 Å². The molecule has 1 fully saturated rings. The molecule has 0 aromatic heterocycles. The Bertz CT molecular complexity index is 2000. The molecule has 236 valence electrons. The molecule has 1 saturated heterocycles. The van der Waals surface area contributed by atoms with Crippen LogP contribution in [0.5, 0.6) is 5.75 Å². The van der Waals surface area contributed by atoms with Crippen molar-refractivity contribution < 1.29 is 24.3 Å². The highest BCUT2D eigenvalue weighted by Crippen LogP contribution is 2.56. The van der Waals surface area contributed by atoms with Gasteiger partial charge >= 0.3 is 0 Å². The Balaban J connectivity index is 1.20. The third kappa shape index (κ3) is 5.25. The summed E-state index contributed by atoms with van der Waals surface area (Å²) in [7, 11) is 3.92. The maximum atomic E-state index is 14.2. The van der Waals surface area contributed by atoms with Crippen molar-refractivity contribution in [2.75, 3.05) is 23.9 Å². The van der Waals surface area contributed by atoms with Gasteiger partial charge < -0.3 is 10.0 Å². The maximum absolute atomic E-state index is 14.2. The van der Waals surface area contributed by atoms with Crippen LogP contribution in [-0.4, -0.2) is 42.6 Å². The highest BCUT2D eigenvalue weighted by molar-refractivity contribution is 9.12. The van der Waals surface area contributed by atoms with Gasteiger partial charge in [-0.05, 0) is 101 Å². The van der Waals surface area contributed by atoms with E-state index in [2.05, 4.69) is 26.2 Å². The molecule has 4 aliphatic rings. The SMILES string of the molecule is CN(C)c1ccc(N=Nc2ccc(N3C(=O)C4CC=C5C(c6ccc(O)cc6Cl)C6=C(CC5C4C3=O)C(=O)C(Br)=CC6=O)cc2)cc1. The number of hydrogen-bond donors (Lipinski definition) is 1. The second-order valence-electron chi connectivity index (χ2n) is 12.2. The van der Waals surface area contributed by atoms with Gasteiger partial charge in [-0.2, -0.15) is 10.2 Å². The van der Waals surface area contributed by atoms with E-state index < -0.39 is 23.7 Å². The number of imide groups is 1. The third-order valence-corrected chi connectivity index (χ3v) is 10.3. The molecule has 1 aliphatic heterocycles. The zero-order valence-corrected chi connectivity index (χ0v) is 27.7. The number of nitrogens with zero attached hydrogens (tertiary/aromatic N) is 4. The van der Waals surface area contributed by atoms with Crippen LogP contribution in [0.15, 0.2) is 110 Å². The van der Waals surface area contributed by atoms with Crippen molar-refractivity contribution in [3.8, 4) is 5.75 Å². The fourth-order valence-corrected chi connectivity index (χ4v) is 7.90. The number of phenols is 1. The Morgan fingerprint density at radius 1 is 0.894 bits per heavy atom. The first kappa shape index (κ1) is 31.0. The molecule has 0 saturated carbocycles. The van der Waals surface area contributed by atoms with Crippen LogP contribution in [-0.2, 0) is 19.2 Å². The van der Waals surface area contributed by atoms with Gasteiger partial charge in [-0.1, -0.05) is 29.3 Å². The van der Waals surface area contributed by atoms with Crippen LogP contribution in [0.4, 0.5) is 22.7 Å². The van der Waals surface area contributed by atoms with Crippen LogP contribution in [0, 0.1) is 17.8 Å². The molecule has 0 radical (unpaired) electrons. The molecule has 47 heavy (non-hydrogen) atoms. The Morgan fingerprint density at radius 2 is 1.55 bits per heavy atom. The van der Waals surface area contributed by atoms with E-state index in [-0.39, 0.29) is 45.1 Å². The number of halogens is 2. The number of phenolic OH excluding ortho intramolecular Hbond substituents is 1. The molecule has 7 rings (SSSR count). The van der Waals surface area contributed by atoms with Gasteiger partial charge in [0.05, 0.1) is 33.4 Å². The van der Waals surface area contributed by atoms with Gasteiger partial charge in [0.2, 0.25) is 11.8 Å². The summed E-state index contributed by atoms with van der Waals surface area (Å²) < 4.78 is 0.148. The number of anilines is 2. The highest BCUT2D eigenvalue weighted by Gasteiger charge is 2.56. The molecule has 2 amide bonds. The zero-order chi connectivity index (χ0) is 33.1. The van der Waals surface area contributed by atoms with Crippen molar-refractivity contribution in [2.24, 2.45) is 28.0 Å². The lowest BCUT2D eigenvalue weighted by Crippen LogP contribution is -2.39. The highest BCUT2D eigenvalue weighted by atomic mass is 79.9. The number of Topliss-reactive ketones (excluding diaryl/α,β-unsaturated/α-hetero) is 1. The lowest BCUT2D eigenvalue weighted by Gasteiger charge is -2.42. The van der Waals surface area contributed by atoms with Crippen LogP contribution in [0.1, 0.15) is 24.3 Å². The molecule has 4 unspecified atom stereocenters. The normalized spacial score (nSPS) is 23.9. The summed E-state index contributed by atoms with van der Waals surface area (Å²) in [6, 6.07) is 18.9. The number of ketones is 2. The molecule has 9 nitrogen and oxygen atoms in total. The summed E-state index contributed by atoms with van der Waals surface area (Å²) in [6.45, 7) is 0. The third-order valence-electron chi connectivity index (χ3n) is 9.38. The molecule has 1 heterocycles. The first-order valence-electron chi connectivity index (χ1n) is 15.1. The fraction of sp³-hybridized carbons (Fsp3) is 0.222. The number of hydrogen-bond acceptors (Lipinski definition) is 8. The predicted octanol–water partition coefficient (Wildman–Crippen LogP) is 7.49. The molecular formula is C36H28BrClN4O5. The van der Waals surface area contributed by atoms with Crippen molar-refractivity contribution in [3.05, 3.63) is 111 Å². The van der Waals surface area contributed by atoms with Gasteiger partial charge in [0.15, 0.2) is 11.6 Å². The van der Waals surface area contributed by atoms with E-state index in [9.17, 15) is 24.3 Å². The van der Waals surface area contributed by atoms with Crippen molar-refractivity contribution in [2.45, 2.75) is 18.8 Å². The number of rotatable bonds is 5. The minimum atomic E-state index is -0.730. The number of carbonyl (C=O) groups excluding carboxylic acids is 4. The topological polar surface area (TPSA) is 120 Å². The van der Waals surface area contributed by atoms with Crippen molar-refractivity contribution in [3.63, 3.8) is 0 Å². The summed E-state index contributed by atoms with van der Waals surface area (Å²) in [5.74, 6) is -3.90. The molecule has 11 heteroatoms. The van der Waals surface area contributed by atoms with Gasteiger partial charge in [0, 0.05) is 47.9 Å². The minimum absolute atomic E-state index is 0.0370. The Labute approximate surface area is 284 Å². The predicted molar refractivity (Wildman–Crippen MR) is 182 cm³/mol. The maximum Gasteiger partial charge on any atom is 0.238 e. The molecule has 3 aromatic carbocycles. The average molecular weight is 712 g/mol. The van der Waals surface area contributed by atoms with E-state index in [4.69, 9.17) is 11.6 Å². The number of benzene rings is 3. The van der Waals surface area contributed by atoms with E-state index in [1.54, 1.807) is 30.3 Å². The van der Waals surface area contributed by atoms with Crippen molar-refractivity contribution in [1.82, 2.24) is 0 Å². The molecule has 3 aliphatic carbocycles. The molecular weight excluding hydrogens is 684 g/mol. The molecule has 0 bridgehead atoms. The van der Waals surface area contributed by atoms with Crippen molar-refractivity contribution >= 4 is 73.7 Å². The Kier molecular flexibility index (Phi) is 7.80.